The molecule has 1 aliphatic rings. The van der Waals surface area contributed by atoms with E-state index in [1.165, 1.54) is 0 Å². The fourth-order valence-electron chi connectivity index (χ4n) is 4.34. The maximum Gasteiger partial charge on any atom is 0.0824 e. The lowest BCUT2D eigenvalue weighted by Gasteiger charge is -1.98. The van der Waals surface area contributed by atoms with Crippen molar-refractivity contribution in [3.05, 3.63) is 189 Å². The lowest BCUT2D eigenvalue weighted by atomic mass is 10.0. The van der Waals surface area contributed by atoms with Crippen molar-refractivity contribution in [1.82, 2.24) is 0 Å². The molecule has 1 aliphatic carbocycles. The molecule has 0 nitrogen and oxygen atoms in total. The zero-order valence-corrected chi connectivity index (χ0v) is 26.0. The van der Waals surface area contributed by atoms with E-state index in [9.17, 15) is 0 Å². The summed E-state index contributed by atoms with van der Waals surface area (Å²) in [5, 5.41) is 0. The number of hydrogen-bond donors (Lipinski definition) is 0. The van der Waals surface area contributed by atoms with Crippen LogP contribution in [0.3, 0.4) is 0 Å². The number of rotatable bonds is 6. The van der Waals surface area contributed by atoms with Crippen LogP contribution in [-0.2, 0) is 0 Å². The molecule has 0 spiro atoms. The second-order valence-corrected chi connectivity index (χ2v) is 10.1. The highest BCUT2D eigenvalue weighted by atomic mass is 14.0. The SMILES string of the molecule is CCC1=C=C=C(c2ccccc2)C#CC(c2ccccc2)=C=C=C(CC)C#CC(c2ccccc2)=C=C=C(c2ccccc2)C#C1. The fraction of sp³-hybridized carbons (Fsp3) is 0.0870. The number of benzene rings is 4. The van der Waals surface area contributed by atoms with Gasteiger partial charge < -0.3 is 0 Å². The van der Waals surface area contributed by atoms with Crippen LogP contribution < -0.4 is 0 Å². The maximum absolute atomic E-state index is 3.34. The Morgan fingerprint density at radius 1 is 0.304 bits per heavy atom. The minimum absolute atomic E-state index is 0.681. The average Bonchev–Trinajstić information content (AvgIpc) is 3.12. The summed E-state index contributed by atoms with van der Waals surface area (Å²) in [4.78, 5) is 0. The standard InChI is InChI=1S/C46H30/c1-3-37-25-29-43(39-17-9-5-10-18-39)33-35-45(41-21-13-7-14-22-41)31-27-38(4-2)28-32-46(42-23-15-8-16-24-42)36-34-44(30-26-37)40-19-11-6-12-20-40/h5-24H,3-4H2,1-2H3. The molecule has 0 N–H and O–H groups in total. The largest absolute Gasteiger partial charge is 0.0824 e. The van der Waals surface area contributed by atoms with E-state index in [0.29, 0.717) is 35.1 Å². The summed E-state index contributed by atoms with van der Waals surface area (Å²) in [5.74, 6) is 20.0. The molecule has 0 aliphatic heterocycles. The highest BCUT2D eigenvalue weighted by Crippen LogP contribution is 2.18. The van der Waals surface area contributed by atoms with Crippen LogP contribution in [0.5, 0.6) is 0 Å². The molecule has 46 heavy (non-hydrogen) atoms. The molecule has 0 radical (unpaired) electrons. The van der Waals surface area contributed by atoms with Gasteiger partial charge in [-0.3, -0.25) is 0 Å². The third kappa shape index (κ3) is 8.75. The Bertz CT molecular complexity index is 2070. The van der Waals surface area contributed by atoms with Crippen LogP contribution in [0.1, 0.15) is 48.9 Å². The lowest BCUT2D eigenvalue weighted by molar-refractivity contribution is 1.17. The Kier molecular flexibility index (Phi) is 11.0. The summed E-state index contributed by atoms with van der Waals surface area (Å²) in [7, 11) is 0. The van der Waals surface area contributed by atoms with Crippen molar-refractivity contribution in [3.63, 3.8) is 0 Å². The Balaban J connectivity index is 1.91. The zero-order valence-electron chi connectivity index (χ0n) is 26.0. The Morgan fingerprint density at radius 2 is 0.543 bits per heavy atom. The predicted molar refractivity (Wildman–Crippen MR) is 191 cm³/mol. The van der Waals surface area contributed by atoms with Gasteiger partial charge in [-0.05, 0) is 35.1 Å². The van der Waals surface area contributed by atoms with Gasteiger partial charge in [-0.25, -0.2) is 0 Å². The molecule has 0 aromatic heterocycles. The van der Waals surface area contributed by atoms with Gasteiger partial charge >= 0.3 is 0 Å². The lowest BCUT2D eigenvalue weighted by Crippen LogP contribution is -1.83. The molecule has 214 valence electrons. The molecule has 0 unspecified atom stereocenters. The second kappa shape index (κ2) is 16.3. The van der Waals surface area contributed by atoms with Gasteiger partial charge in [0.25, 0.3) is 0 Å². The van der Waals surface area contributed by atoms with Gasteiger partial charge in [-0.2, -0.15) is 0 Å². The second-order valence-electron chi connectivity index (χ2n) is 10.1. The summed E-state index contributed by atoms with van der Waals surface area (Å²) in [6.07, 6.45) is 1.36. The fourth-order valence-corrected chi connectivity index (χ4v) is 4.34. The number of allylic oxidation sites excluding steroid dienone is 6. The van der Waals surface area contributed by atoms with Gasteiger partial charge in [-0.15, -0.1) is 0 Å². The van der Waals surface area contributed by atoms with Crippen molar-refractivity contribution in [2.45, 2.75) is 26.7 Å². The first-order valence-electron chi connectivity index (χ1n) is 15.3. The number of hydrogen-bond acceptors (Lipinski definition) is 0. The van der Waals surface area contributed by atoms with Crippen molar-refractivity contribution >= 4 is 22.3 Å². The highest BCUT2D eigenvalue weighted by Gasteiger charge is 2.02. The van der Waals surface area contributed by atoms with Crippen LogP contribution in [0.2, 0.25) is 0 Å². The summed E-state index contributed by atoms with van der Waals surface area (Å²) >= 11 is 0. The van der Waals surface area contributed by atoms with Crippen LogP contribution in [0.25, 0.3) is 22.3 Å². The molecule has 5 rings (SSSR count). The molecule has 0 atom stereocenters. The molecule has 0 bridgehead atoms. The Morgan fingerprint density at radius 3 is 0.804 bits per heavy atom. The van der Waals surface area contributed by atoms with Crippen molar-refractivity contribution in [1.29, 1.82) is 0 Å². The van der Waals surface area contributed by atoms with E-state index >= 15 is 0 Å². The molecular weight excluding hydrogens is 553 g/mol. The molecule has 0 amide bonds. The van der Waals surface area contributed by atoms with Crippen LogP contribution in [0, 0.1) is 35.5 Å². The smallest absolute Gasteiger partial charge is 0.0622 e. The summed E-state index contributed by atoms with van der Waals surface area (Å²) in [5.41, 5.74) is 28.2. The van der Waals surface area contributed by atoms with Crippen molar-refractivity contribution in [2.24, 2.45) is 0 Å². The molecule has 4 aromatic rings. The third-order valence-corrected chi connectivity index (χ3v) is 6.94. The normalized spacial score (nSPS) is 12.5. The first-order valence-corrected chi connectivity index (χ1v) is 15.3. The van der Waals surface area contributed by atoms with Crippen LogP contribution in [0.15, 0.2) is 167 Å². The van der Waals surface area contributed by atoms with Crippen LogP contribution in [0.4, 0.5) is 0 Å². The molecule has 4 aromatic carbocycles. The quantitative estimate of drug-likeness (QED) is 0.157. The summed E-state index contributed by atoms with van der Waals surface area (Å²) in [6, 6.07) is 40.0. The monoisotopic (exact) mass is 582 g/mol. The van der Waals surface area contributed by atoms with E-state index in [-0.39, 0.29) is 0 Å². The molecule has 0 saturated carbocycles. The van der Waals surface area contributed by atoms with E-state index in [1.54, 1.807) is 0 Å². The summed E-state index contributed by atoms with van der Waals surface area (Å²) in [6.45, 7) is 4.12. The van der Waals surface area contributed by atoms with Gasteiger partial charge in [0.2, 0.25) is 0 Å². The van der Waals surface area contributed by atoms with Gasteiger partial charge in [-0.1, -0.05) is 205 Å². The minimum Gasteiger partial charge on any atom is -0.0622 e. The van der Waals surface area contributed by atoms with E-state index in [1.807, 2.05) is 121 Å². The average molecular weight is 583 g/mol. The van der Waals surface area contributed by atoms with Crippen molar-refractivity contribution in [2.75, 3.05) is 0 Å². The Labute approximate surface area is 272 Å². The highest BCUT2D eigenvalue weighted by molar-refractivity contribution is 5.87. The van der Waals surface area contributed by atoms with Crippen LogP contribution in [-0.4, -0.2) is 0 Å². The molecule has 0 heterocycles. The molecular formula is C46H30. The first-order chi connectivity index (χ1) is 22.7. The molecule has 0 saturated heterocycles. The summed E-state index contributed by atoms with van der Waals surface area (Å²) < 4.78 is 0. The molecule has 0 heteroatoms. The molecule has 0 fully saturated rings. The topological polar surface area (TPSA) is 0 Å². The minimum atomic E-state index is 0.681. The van der Waals surface area contributed by atoms with E-state index < -0.39 is 0 Å². The van der Waals surface area contributed by atoms with E-state index in [2.05, 4.69) is 83.8 Å². The maximum atomic E-state index is 3.34. The van der Waals surface area contributed by atoms with Gasteiger partial charge in [0.05, 0.1) is 33.4 Å². The zero-order chi connectivity index (χ0) is 31.8. The van der Waals surface area contributed by atoms with Gasteiger partial charge in [0.1, 0.15) is 0 Å². The van der Waals surface area contributed by atoms with Crippen molar-refractivity contribution in [3.8, 4) is 35.5 Å². The third-order valence-electron chi connectivity index (χ3n) is 6.94. The predicted octanol–water partition coefficient (Wildman–Crippen LogP) is 10.3. The van der Waals surface area contributed by atoms with Crippen LogP contribution >= 0.6 is 0 Å². The Hall–Kier alpha value is -6.54. The van der Waals surface area contributed by atoms with Gasteiger partial charge in [0.15, 0.2) is 0 Å². The first kappa shape index (κ1) is 30.9. The van der Waals surface area contributed by atoms with E-state index in [4.69, 9.17) is 0 Å². The van der Waals surface area contributed by atoms with E-state index in [0.717, 1.165) is 33.4 Å². The van der Waals surface area contributed by atoms with Gasteiger partial charge in [0, 0.05) is 0 Å². The van der Waals surface area contributed by atoms with Crippen molar-refractivity contribution < 1.29 is 0 Å².